The lowest BCUT2D eigenvalue weighted by Gasteiger charge is -2.12. The molecule has 9 heteroatoms. The number of carbonyl (C=O) groups is 2. The maximum Gasteiger partial charge on any atom is 0.274 e. The summed E-state index contributed by atoms with van der Waals surface area (Å²) in [6.07, 6.45) is 0.479. The van der Waals surface area contributed by atoms with E-state index in [4.69, 9.17) is 9.47 Å². The number of nitrogens with one attached hydrogen (secondary N) is 2. The predicted octanol–water partition coefficient (Wildman–Crippen LogP) is -0.302. The standard InChI is InChI=1S/C11H13N5O4/c1-19-8-5-9(20-2)13-11(12-8)14-10(18)6-3-4-7(17)16-15-6/h5H,3-4H2,1-2H3,(H,16,17)(H,12,13,14,18). The van der Waals surface area contributed by atoms with Gasteiger partial charge in [0.1, 0.15) is 5.71 Å². The number of amides is 2. The molecule has 20 heavy (non-hydrogen) atoms. The number of carbonyl (C=O) groups excluding carboxylic acids is 2. The van der Waals surface area contributed by atoms with Crippen molar-refractivity contribution >= 4 is 23.5 Å². The lowest BCUT2D eigenvalue weighted by molar-refractivity contribution is -0.121. The van der Waals surface area contributed by atoms with Crippen LogP contribution in [0.1, 0.15) is 12.8 Å². The summed E-state index contributed by atoms with van der Waals surface area (Å²) >= 11 is 0. The molecule has 0 spiro atoms. The lowest BCUT2D eigenvalue weighted by atomic mass is 10.2. The number of ether oxygens (including phenoxy) is 2. The van der Waals surface area contributed by atoms with Gasteiger partial charge in [-0.2, -0.15) is 15.1 Å². The second-order valence-electron chi connectivity index (χ2n) is 3.82. The minimum Gasteiger partial charge on any atom is -0.481 e. The fourth-order valence-electron chi connectivity index (χ4n) is 1.48. The summed E-state index contributed by atoms with van der Waals surface area (Å²) in [6.45, 7) is 0. The Kier molecular flexibility index (Phi) is 4.08. The van der Waals surface area contributed by atoms with Crippen molar-refractivity contribution in [3.8, 4) is 11.8 Å². The lowest BCUT2D eigenvalue weighted by Crippen LogP contribution is -2.33. The van der Waals surface area contributed by atoms with Gasteiger partial charge in [0.2, 0.25) is 23.6 Å². The van der Waals surface area contributed by atoms with Crippen LogP contribution in [-0.4, -0.2) is 41.7 Å². The van der Waals surface area contributed by atoms with E-state index in [1.807, 2.05) is 0 Å². The maximum absolute atomic E-state index is 11.9. The summed E-state index contributed by atoms with van der Waals surface area (Å²) < 4.78 is 9.94. The summed E-state index contributed by atoms with van der Waals surface area (Å²) in [5.41, 5.74) is 2.45. The summed E-state index contributed by atoms with van der Waals surface area (Å²) in [5.74, 6) is -0.163. The molecule has 0 radical (unpaired) electrons. The maximum atomic E-state index is 11.9. The van der Waals surface area contributed by atoms with Gasteiger partial charge in [-0.25, -0.2) is 5.43 Å². The van der Waals surface area contributed by atoms with Gasteiger partial charge >= 0.3 is 0 Å². The van der Waals surface area contributed by atoms with E-state index < -0.39 is 5.91 Å². The molecule has 0 bridgehead atoms. The van der Waals surface area contributed by atoms with E-state index in [2.05, 4.69) is 25.8 Å². The van der Waals surface area contributed by atoms with Gasteiger partial charge in [0, 0.05) is 12.8 Å². The van der Waals surface area contributed by atoms with Gasteiger partial charge in [-0.1, -0.05) is 0 Å². The van der Waals surface area contributed by atoms with Crippen molar-refractivity contribution in [2.75, 3.05) is 19.5 Å². The van der Waals surface area contributed by atoms with E-state index >= 15 is 0 Å². The minimum absolute atomic E-state index is 0.0331. The second-order valence-corrected chi connectivity index (χ2v) is 3.82. The van der Waals surface area contributed by atoms with Crippen molar-refractivity contribution in [3.63, 3.8) is 0 Å². The third-order valence-electron chi connectivity index (χ3n) is 2.49. The molecule has 0 aromatic carbocycles. The van der Waals surface area contributed by atoms with Crippen molar-refractivity contribution < 1.29 is 19.1 Å². The van der Waals surface area contributed by atoms with Crippen LogP contribution in [0.2, 0.25) is 0 Å². The van der Waals surface area contributed by atoms with Gasteiger partial charge in [0.05, 0.1) is 20.3 Å². The highest BCUT2D eigenvalue weighted by molar-refractivity contribution is 6.43. The van der Waals surface area contributed by atoms with Gasteiger partial charge in [-0.15, -0.1) is 0 Å². The van der Waals surface area contributed by atoms with Gasteiger partial charge < -0.3 is 9.47 Å². The summed E-state index contributed by atoms with van der Waals surface area (Å²) in [4.78, 5) is 30.8. The summed E-state index contributed by atoms with van der Waals surface area (Å²) in [5, 5.41) is 6.15. The van der Waals surface area contributed by atoms with E-state index in [9.17, 15) is 9.59 Å². The number of nitrogens with zero attached hydrogens (tertiary/aromatic N) is 3. The monoisotopic (exact) mass is 279 g/mol. The molecule has 2 N–H and O–H groups in total. The normalized spacial score (nSPS) is 14.1. The minimum atomic E-state index is -0.486. The van der Waals surface area contributed by atoms with Crippen LogP contribution in [0, 0.1) is 0 Å². The quantitative estimate of drug-likeness (QED) is 0.781. The zero-order valence-corrected chi connectivity index (χ0v) is 11.0. The largest absolute Gasteiger partial charge is 0.481 e. The van der Waals surface area contributed by atoms with E-state index in [0.29, 0.717) is 0 Å². The van der Waals surface area contributed by atoms with E-state index in [-0.39, 0.29) is 42.2 Å². The van der Waals surface area contributed by atoms with Crippen molar-refractivity contribution in [3.05, 3.63) is 6.07 Å². The van der Waals surface area contributed by atoms with Crippen molar-refractivity contribution in [1.29, 1.82) is 0 Å². The topological polar surface area (TPSA) is 115 Å². The number of hydrogen-bond acceptors (Lipinski definition) is 7. The number of rotatable bonds is 4. The molecule has 2 amide bonds. The van der Waals surface area contributed by atoms with Crippen molar-refractivity contribution in [2.24, 2.45) is 5.10 Å². The number of aromatic nitrogens is 2. The Labute approximate surface area is 114 Å². The fourth-order valence-corrected chi connectivity index (χ4v) is 1.48. The number of hydrogen-bond donors (Lipinski definition) is 2. The molecule has 0 unspecified atom stereocenters. The predicted molar refractivity (Wildman–Crippen MR) is 68.6 cm³/mol. The van der Waals surface area contributed by atoms with E-state index in [1.165, 1.54) is 20.3 Å². The van der Waals surface area contributed by atoms with Crippen LogP contribution >= 0.6 is 0 Å². The Morgan fingerprint density at radius 1 is 1.25 bits per heavy atom. The average Bonchev–Trinajstić information content (AvgIpc) is 2.47. The van der Waals surface area contributed by atoms with Crippen LogP contribution in [0.3, 0.4) is 0 Å². The zero-order chi connectivity index (χ0) is 14.5. The summed E-state index contributed by atoms with van der Waals surface area (Å²) in [6, 6.07) is 1.48. The Morgan fingerprint density at radius 3 is 2.40 bits per heavy atom. The average molecular weight is 279 g/mol. The molecule has 1 aliphatic rings. The molecule has 1 aromatic rings. The molecule has 1 aliphatic heterocycles. The number of methoxy groups -OCH3 is 2. The molecule has 1 aromatic heterocycles. The van der Waals surface area contributed by atoms with Crippen molar-refractivity contribution in [2.45, 2.75) is 12.8 Å². The summed E-state index contributed by atoms with van der Waals surface area (Å²) in [7, 11) is 2.88. The highest BCUT2D eigenvalue weighted by Crippen LogP contribution is 2.17. The number of hydrazone groups is 1. The Morgan fingerprint density at radius 2 is 1.90 bits per heavy atom. The third-order valence-corrected chi connectivity index (χ3v) is 2.49. The highest BCUT2D eigenvalue weighted by Gasteiger charge is 2.19. The molecule has 0 saturated heterocycles. The van der Waals surface area contributed by atoms with Crippen molar-refractivity contribution in [1.82, 2.24) is 15.4 Å². The van der Waals surface area contributed by atoms with Crippen LogP contribution in [0.4, 0.5) is 5.95 Å². The van der Waals surface area contributed by atoms with Gasteiger partial charge in [-0.3, -0.25) is 14.9 Å². The smallest absolute Gasteiger partial charge is 0.274 e. The zero-order valence-electron chi connectivity index (χ0n) is 11.0. The SMILES string of the molecule is COc1cc(OC)nc(NC(=O)C2=NNC(=O)CC2)n1. The van der Waals surface area contributed by atoms with E-state index in [1.54, 1.807) is 0 Å². The molecule has 0 atom stereocenters. The van der Waals surface area contributed by atoms with Crippen LogP contribution in [0.15, 0.2) is 11.2 Å². The second kappa shape index (κ2) is 5.95. The molecule has 2 heterocycles. The first-order valence-corrected chi connectivity index (χ1v) is 5.76. The Bertz CT molecular complexity index is 550. The van der Waals surface area contributed by atoms with Crippen LogP contribution in [-0.2, 0) is 9.59 Å². The first-order valence-electron chi connectivity index (χ1n) is 5.76. The molecular formula is C11H13N5O4. The first kappa shape index (κ1) is 13.7. The molecule has 0 aliphatic carbocycles. The third kappa shape index (κ3) is 3.19. The molecule has 0 saturated carbocycles. The highest BCUT2D eigenvalue weighted by atomic mass is 16.5. The molecule has 2 rings (SSSR count). The van der Waals surface area contributed by atoms with Gasteiger partial charge in [0.15, 0.2) is 0 Å². The van der Waals surface area contributed by atoms with Crippen LogP contribution < -0.4 is 20.2 Å². The molecule has 106 valence electrons. The van der Waals surface area contributed by atoms with Crippen LogP contribution in [0.25, 0.3) is 0 Å². The fraction of sp³-hybridized carbons (Fsp3) is 0.364. The molecular weight excluding hydrogens is 266 g/mol. The Balaban J connectivity index is 2.13. The first-order chi connectivity index (χ1) is 9.62. The van der Waals surface area contributed by atoms with Gasteiger partial charge in [0.25, 0.3) is 5.91 Å². The molecule has 9 nitrogen and oxygen atoms in total. The molecule has 0 fully saturated rings. The van der Waals surface area contributed by atoms with Crippen LogP contribution in [0.5, 0.6) is 11.8 Å². The Hall–Kier alpha value is -2.71. The van der Waals surface area contributed by atoms with E-state index in [0.717, 1.165) is 0 Å². The van der Waals surface area contributed by atoms with Gasteiger partial charge in [-0.05, 0) is 0 Å². The number of anilines is 1.